The minimum Gasteiger partial charge on any atom is -0.314 e. The quantitative estimate of drug-likeness (QED) is 0.909. The van der Waals surface area contributed by atoms with Crippen molar-refractivity contribution >= 4 is 5.91 Å². The molecule has 7 heteroatoms. The van der Waals surface area contributed by atoms with Crippen LogP contribution in [-0.4, -0.2) is 36.8 Å². The van der Waals surface area contributed by atoms with Gasteiger partial charge in [-0.15, -0.1) is 0 Å². The van der Waals surface area contributed by atoms with Gasteiger partial charge in [-0.05, 0) is 30.7 Å². The first-order valence-corrected chi connectivity index (χ1v) is 7.33. The lowest BCUT2D eigenvalue weighted by Gasteiger charge is -2.31. The average Bonchev–Trinajstić information content (AvgIpc) is 2.95. The average molecular weight is 314 g/mol. The van der Waals surface area contributed by atoms with Gasteiger partial charge in [-0.25, -0.2) is 18.2 Å². The Hall–Kier alpha value is -1.60. The summed E-state index contributed by atoms with van der Waals surface area (Å²) in [6.45, 7) is 0.948. The van der Waals surface area contributed by atoms with Crippen molar-refractivity contribution in [2.75, 3.05) is 19.7 Å². The molecule has 1 amide bonds. The molecule has 2 fully saturated rings. The maximum atomic E-state index is 13.9. The smallest absolute Gasteiger partial charge is 0.252 e. The van der Waals surface area contributed by atoms with E-state index in [1.165, 1.54) is 12.1 Å². The number of carbonyl (C=O) groups is 1. The summed E-state index contributed by atoms with van der Waals surface area (Å²) in [5.74, 6) is -2.65. The van der Waals surface area contributed by atoms with E-state index in [0.29, 0.717) is 24.9 Å². The van der Waals surface area contributed by atoms with E-state index in [4.69, 9.17) is 4.84 Å². The zero-order valence-electron chi connectivity index (χ0n) is 11.9. The summed E-state index contributed by atoms with van der Waals surface area (Å²) in [7, 11) is 0. The summed E-state index contributed by atoms with van der Waals surface area (Å²) in [6, 6.07) is 2.55. The molecule has 2 heterocycles. The second kappa shape index (κ2) is 6.26. The third kappa shape index (κ3) is 2.96. The van der Waals surface area contributed by atoms with E-state index in [-0.39, 0.29) is 13.2 Å². The Kier molecular flexibility index (Phi) is 4.35. The van der Waals surface area contributed by atoms with Crippen molar-refractivity contribution in [3.05, 3.63) is 35.4 Å². The van der Waals surface area contributed by atoms with Crippen LogP contribution in [-0.2, 0) is 9.63 Å². The number of benzene rings is 1. The molecule has 1 aromatic carbocycles. The highest BCUT2D eigenvalue weighted by Crippen LogP contribution is 2.34. The van der Waals surface area contributed by atoms with Gasteiger partial charge in [0.2, 0.25) is 0 Å². The Labute approximate surface area is 126 Å². The van der Waals surface area contributed by atoms with Crippen LogP contribution in [0.2, 0.25) is 0 Å². The standard InChI is InChI=1S/C15H17F3N2O2/c16-10-5-9(6-11(17)7-10)14-2-4-22-20(14)15(21)12-1-3-19-8-13(12)18/h5-7,12-14,19H,1-4,8H2/t12-,13+,14+/m1/s1. The summed E-state index contributed by atoms with van der Waals surface area (Å²) >= 11 is 0. The number of hydrogen-bond acceptors (Lipinski definition) is 3. The van der Waals surface area contributed by atoms with Gasteiger partial charge in [0.05, 0.1) is 18.6 Å². The maximum absolute atomic E-state index is 13.9. The van der Waals surface area contributed by atoms with Crippen LogP contribution < -0.4 is 5.32 Å². The molecule has 0 aromatic heterocycles. The molecular weight excluding hydrogens is 297 g/mol. The van der Waals surface area contributed by atoms with Crippen molar-refractivity contribution in [2.45, 2.75) is 25.1 Å². The van der Waals surface area contributed by atoms with E-state index in [2.05, 4.69) is 5.32 Å². The Bertz CT molecular complexity index is 549. The summed E-state index contributed by atoms with van der Waals surface area (Å²) in [4.78, 5) is 17.8. The van der Waals surface area contributed by atoms with Gasteiger partial charge in [0.25, 0.3) is 5.91 Å². The van der Waals surface area contributed by atoms with Crippen molar-refractivity contribution in [2.24, 2.45) is 5.92 Å². The molecule has 2 saturated heterocycles. The van der Waals surface area contributed by atoms with E-state index >= 15 is 0 Å². The molecule has 1 N–H and O–H groups in total. The second-order valence-corrected chi connectivity index (χ2v) is 5.62. The molecule has 3 atom stereocenters. The monoisotopic (exact) mass is 314 g/mol. The molecular formula is C15H17F3N2O2. The topological polar surface area (TPSA) is 41.6 Å². The first-order chi connectivity index (χ1) is 10.6. The first kappa shape index (κ1) is 15.3. The third-order valence-corrected chi connectivity index (χ3v) is 4.12. The lowest BCUT2D eigenvalue weighted by atomic mass is 9.94. The number of halogens is 3. The molecule has 0 radical (unpaired) electrons. The van der Waals surface area contributed by atoms with Gasteiger partial charge >= 0.3 is 0 Å². The molecule has 2 aliphatic rings. The van der Waals surface area contributed by atoms with Gasteiger partial charge < -0.3 is 5.32 Å². The van der Waals surface area contributed by atoms with Gasteiger partial charge in [0.1, 0.15) is 17.8 Å². The lowest BCUT2D eigenvalue weighted by molar-refractivity contribution is -0.184. The molecule has 0 saturated carbocycles. The Morgan fingerprint density at radius 1 is 1.23 bits per heavy atom. The number of hydrogen-bond donors (Lipinski definition) is 1. The summed E-state index contributed by atoms with van der Waals surface area (Å²) in [6.07, 6.45) is -0.476. The molecule has 120 valence electrons. The van der Waals surface area contributed by atoms with Gasteiger partial charge in [-0.1, -0.05) is 0 Å². The molecule has 0 spiro atoms. The number of amides is 1. The fraction of sp³-hybridized carbons (Fsp3) is 0.533. The highest BCUT2D eigenvalue weighted by atomic mass is 19.1. The molecule has 0 bridgehead atoms. The number of hydroxylamine groups is 2. The Balaban J connectivity index is 1.81. The van der Waals surface area contributed by atoms with Crippen molar-refractivity contribution in [1.82, 2.24) is 10.4 Å². The van der Waals surface area contributed by atoms with Crippen molar-refractivity contribution < 1.29 is 22.8 Å². The highest BCUT2D eigenvalue weighted by molar-refractivity contribution is 5.79. The third-order valence-electron chi connectivity index (χ3n) is 4.12. The molecule has 0 unspecified atom stereocenters. The van der Waals surface area contributed by atoms with E-state index < -0.39 is 35.7 Å². The fourth-order valence-corrected chi connectivity index (χ4v) is 3.02. The van der Waals surface area contributed by atoms with E-state index in [1.807, 2.05) is 0 Å². The molecule has 3 rings (SSSR count). The number of alkyl halides is 1. The highest BCUT2D eigenvalue weighted by Gasteiger charge is 2.40. The molecule has 1 aromatic rings. The van der Waals surface area contributed by atoms with Gasteiger partial charge in [0, 0.05) is 19.0 Å². The minimum absolute atomic E-state index is 0.128. The predicted molar refractivity (Wildman–Crippen MR) is 72.4 cm³/mol. The number of rotatable bonds is 2. The Morgan fingerprint density at radius 3 is 2.64 bits per heavy atom. The lowest BCUT2D eigenvalue weighted by Crippen LogP contribution is -2.46. The van der Waals surface area contributed by atoms with Crippen molar-refractivity contribution in [3.63, 3.8) is 0 Å². The Morgan fingerprint density at radius 2 is 1.95 bits per heavy atom. The second-order valence-electron chi connectivity index (χ2n) is 5.62. The number of carbonyl (C=O) groups excluding carboxylic acids is 1. The van der Waals surface area contributed by atoms with Crippen LogP contribution in [0.5, 0.6) is 0 Å². The normalized spacial score (nSPS) is 28.9. The maximum Gasteiger partial charge on any atom is 0.252 e. The summed E-state index contributed by atoms with van der Waals surface area (Å²) in [5, 5.41) is 3.98. The summed E-state index contributed by atoms with van der Waals surface area (Å²) < 4.78 is 40.7. The van der Waals surface area contributed by atoms with Gasteiger partial charge in [-0.3, -0.25) is 9.63 Å². The van der Waals surface area contributed by atoms with Crippen molar-refractivity contribution in [3.8, 4) is 0 Å². The van der Waals surface area contributed by atoms with Crippen LogP contribution in [0.4, 0.5) is 13.2 Å². The van der Waals surface area contributed by atoms with Gasteiger partial charge in [0.15, 0.2) is 0 Å². The van der Waals surface area contributed by atoms with E-state index in [9.17, 15) is 18.0 Å². The zero-order chi connectivity index (χ0) is 15.7. The first-order valence-electron chi connectivity index (χ1n) is 7.33. The number of nitrogens with zero attached hydrogens (tertiary/aromatic N) is 1. The number of piperidine rings is 1. The minimum atomic E-state index is -1.28. The number of nitrogens with one attached hydrogen (secondary N) is 1. The van der Waals surface area contributed by atoms with Crippen LogP contribution in [0, 0.1) is 17.6 Å². The largest absolute Gasteiger partial charge is 0.314 e. The molecule has 22 heavy (non-hydrogen) atoms. The van der Waals surface area contributed by atoms with Crippen molar-refractivity contribution in [1.29, 1.82) is 0 Å². The predicted octanol–water partition coefficient (Wildman–Crippen LogP) is 2.12. The molecule has 4 nitrogen and oxygen atoms in total. The van der Waals surface area contributed by atoms with Crippen LogP contribution in [0.1, 0.15) is 24.4 Å². The summed E-state index contributed by atoms with van der Waals surface area (Å²) in [5.41, 5.74) is 0.327. The molecule has 2 aliphatic heterocycles. The molecule has 0 aliphatic carbocycles. The van der Waals surface area contributed by atoms with E-state index in [1.54, 1.807) is 0 Å². The van der Waals surface area contributed by atoms with Crippen LogP contribution in [0.3, 0.4) is 0 Å². The van der Waals surface area contributed by atoms with Crippen LogP contribution in [0.15, 0.2) is 18.2 Å². The van der Waals surface area contributed by atoms with E-state index in [0.717, 1.165) is 11.1 Å². The van der Waals surface area contributed by atoms with Crippen LogP contribution >= 0.6 is 0 Å². The fourth-order valence-electron chi connectivity index (χ4n) is 3.02. The zero-order valence-corrected chi connectivity index (χ0v) is 11.9. The van der Waals surface area contributed by atoms with Crippen LogP contribution in [0.25, 0.3) is 0 Å². The SMILES string of the molecule is O=C([C@@H]1CCNC[C@@H]1F)N1OCC[C@H]1c1cc(F)cc(F)c1. The van der Waals surface area contributed by atoms with Gasteiger partial charge in [-0.2, -0.15) is 0 Å².